The molecule has 7 nitrogen and oxygen atoms in total. The van der Waals surface area contributed by atoms with Gasteiger partial charge in [0.2, 0.25) is 5.91 Å². The van der Waals surface area contributed by atoms with Crippen LogP contribution in [-0.2, 0) is 4.79 Å². The highest BCUT2D eigenvalue weighted by Gasteiger charge is 2.13. The van der Waals surface area contributed by atoms with Crippen LogP contribution in [0.3, 0.4) is 0 Å². The van der Waals surface area contributed by atoms with Gasteiger partial charge in [-0.25, -0.2) is 9.97 Å². The number of nitrogens with one attached hydrogen (secondary N) is 1. The van der Waals surface area contributed by atoms with Gasteiger partial charge in [0.05, 0.1) is 16.8 Å². The van der Waals surface area contributed by atoms with Crippen molar-refractivity contribution in [2.24, 2.45) is 0 Å². The summed E-state index contributed by atoms with van der Waals surface area (Å²) >= 11 is 1.45. The van der Waals surface area contributed by atoms with Crippen molar-refractivity contribution in [2.75, 3.05) is 11.1 Å². The summed E-state index contributed by atoms with van der Waals surface area (Å²) in [5, 5.41) is 18.0. The second-order valence-electron chi connectivity index (χ2n) is 6.11. The number of rotatable bonds is 5. The van der Waals surface area contributed by atoms with Crippen LogP contribution in [0.15, 0.2) is 53.7 Å². The van der Waals surface area contributed by atoms with Gasteiger partial charge in [-0.1, -0.05) is 36.0 Å². The number of amides is 1. The molecule has 0 aliphatic carbocycles. The van der Waals surface area contributed by atoms with Gasteiger partial charge in [-0.15, -0.1) is 5.10 Å². The smallest absolute Gasteiger partial charge is 0.225 e. The van der Waals surface area contributed by atoms with Crippen LogP contribution in [-0.4, -0.2) is 31.2 Å². The van der Waals surface area contributed by atoms with Gasteiger partial charge < -0.3 is 5.32 Å². The van der Waals surface area contributed by atoms with Crippen molar-refractivity contribution in [3.05, 3.63) is 59.9 Å². The van der Waals surface area contributed by atoms with Crippen LogP contribution in [0.5, 0.6) is 0 Å². The largest absolute Gasteiger partial charge is 0.325 e. The second kappa shape index (κ2) is 7.66. The first-order valence-electron chi connectivity index (χ1n) is 8.69. The van der Waals surface area contributed by atoms with E-state index in [1.807, 2.05) is 31.2 Å². The van der Waals surface area contributed by atoms with E-state index in [1.54, 1.807) is 28.8 Å². The molecule has 1 amide bonds. The molecule has 1 N–H and O–H groups in total. The third-order valence-corrected chi connectivity index (χ3v) is 5.07. The van der Waals surface area contributed by atoms with E-state index in [-0.39, 0.29) is 12.3 Å². The van der Waals surface area contributed by atoms with Crippen molar-refractivity contribution >= 4 is 39.9 Å². The average Bonchev–Trinajstić information content (AvgIpc) is 3.10. The summed E-state index contributed by atoms with van der Waals surface area (Å²) in [6.07, 6.45) is 0.286. The number of fused-ring (bicyclic) bond motifs is 3. The zero-order valence-corrected chi connectivity index (χ0v) is 15.9. The minimum Gasteiger partial charge on any atom is -0.325 e. The van der Waals surface area contributed by atoms with Crippen LogP contribution >= 0.6 is 11.8 Å². The van der Waals surface area contributed by atoms with Crippen molar-refractivity contribution in [1.29, 1.82) is 5.26 Å². The quantitative estimate of drug-likeness (QED) is 0.415. The Bertz CT molecular complexity index is 1230. The van der Waals surface area contributed by atoms with E-state index < -0.39 is 0 Å². The molecule has 0 saturated carbocycles. The lowest BCUT2D eigenvalue weighted by Gasteiger charge is -2.08. The average molecular weight is 388 g/mol. The Morgan fingerprint density at radius 3 is 2.82 bits per heavy atom. The van der Waals surface area contributed by atoms with Gasteiger partial charge in [0.1, 0.15) is 11.9 Å². The number of anilines is 1. The van der Waals surface area contributed by atoms with Crippen LogP contribution in [0, 0.1) is 18.3 Å². The number of benzene rings is 2. The minimum atomic E-state index is -0.151. The van der Waals surface area contributed by atoms with E-state index in [0.717, 1.165) is 16.6 Å². The summed E-state index contributed by atoms with van der Waals surface area (Å²) in [4.78, 5) is 21.4. The van der Waals surface area contributed by atoms with E-state index in [0.29, 0.717) is 28.0 Å². The molecule has 0 radical (unpaired) electrons. The summed E-state index contributed by atoms with van der Waals surface area (Å²) in [5.74, 6) is 1.05. The fourth-order valence-electron chi connectivity index (χ4n) is 2.86. The zero-order chi connectivity index (χ0) is 19.5. The minimum absolute atomic E-state index is 0.151. The Morgan fingerprint density at radius 1 is 1.18 bits per heavy atom. The molecule has 0 atom stereocenters. The molecule has 4 rings (SSSR count). The molecule has 0 fully saturated rings. The fourth-order valence-corrected chi connectivity index (χ4v) is 3.75. The molecule has 2 aromatic carbocycles. The van der Waals surface area contributed by atoms with Crippen LogP contribution in [0.4, 0.5) is 5.69 Å². The maximum atomic E-state index is 12.3. The molecule has 0 aliphatic rings. The maximum Gasteiger partial charge on any atom is 0.225 e. The first kappa shape index (κ1) is 17.9. The Labute approximate surface area is 165 Å². The van der Waals surface area contributed by atoms with Crippen molar-refractivity contribution in [2.45, 2.75) is 18.5 Å². The maximum absolute atomic E-state index is 12.3. The monoisotopic (exact) mass is 388 g/mol. The molecule has 0 saturated heterocycles. The molecule has 28 heavy (non-hydrogen) atoms. The summed E-state index contributed by atoms with van der Waals surface area (Å²) in [6.45, 7) is 1.84. The second-order valence-corrected chi connectivity index (χ2v) is 7.17. The first-order chi connectivity index (χ1) is 13.7. The molecule has 2 aromatic heterocycles. The number of carbonyl (C=O) groups excluding carboxylic acids is 1. The Kier molecular flexibility index (Phi) is 4.91. The fraction of sp³-hybridized carbons (Fsp3) is 0.150. The van der Waals surface area contributed by atoms with Gasteiger partial charge in [0.15, 0.2) is 10.8 Å². The molecule has 138 valence electrons. The van der Waals surface area contributed by atoms with Gasteiger partial charge >= 0.3 is 0 Å². The normalized spacial score (nSPS) is 10.9. The van der Waals surface area contributed by atoms with Gasteiger partial charge in [-0.3, -0.25) is 4.79 Å². The number of nitrogens with zero attached hydrogens (tertiary/aromatic N) is 5. The lowest BCUT2D eigenvalue weighted by Crippen LogP contribution is -2.13. The SMILES string of the molecule is Cc1nc2c3ccccc3nc(SCCC(=O)Nc3ccccc3C#N)n2n1. The molecule has 0 aliphatic heterocycles. The summed E-state index contributed by atoms with van der Waals surface area (Å²) < 4.78 is 1.73. The third kappa shape index (κ3) is 3.52. The standard InChI is InChI=1S/C20H16N6OS/c1-13-22-19-15-7-3-5-9-17(15)24-20(26(19)25-13)28-11-10-18(27)23-16-8-4-2-6-14(16)12-21/h2-9H,10-11H2,1H3,(H,23,27). The molecular formula is C20H16N6OS. The molecule has 0 unspecified atom stereocenters. The molecule has 0 bridgehead atoms. The highest BCUT2D eigenvalue weighted by Crippen LogP contribution is 2.24. The number of aryl methyl sites for hydroxylation is 1. The van der Waals surface area contributed by atoms with E-state index in [4.69, 9.17) is 5.26 Å². The highest BCUT2D eigenvalue weighted by atomic mass is 32.2. The van der Waals surface area contributed by atoms with Crippen molar-refractivity contribution < 1.29 is 4.79 Å². The predicted octanol–water partition coefficient (Wildman–Crippen LogP) is 3.58. The number of carbonyl (C=O) groups is 1. The van der Waals surface area contributed by atoms with Crippen LogP contribution < -0.4 is 5.32 Å². The third-order valence-electron chi connectivity index (χ3n) is 4.14. The predicted molar refractivity (Wildman–Crippen MR) is 108 cm³/mol. The van der Waals surface area contributed by atoms with Gasteiger partial charge in [-0.2, -0.15) is 9.78 Å². The van der Waals surface area contributed by atoms with E-state index in [1.165, 1.54) is 11.8 Å². The number of aromatic nitrogens is 4. The molecule has 2 heterocycles. The number of hydrogen-bond acceptors (Lipinski definition) is 6. The van der Waals surface area contributed by atoms with Crippen molar-refractivity contribution in [3.8, 4) is 6.07 Å². The van der Waals surface area contributed by atoms with Crippen molar-refractivity contribution in [3.63, 3.8) is 0 Å². The highest BCUT2D eigenvalue weighted by molar-refractivity contribution is 7.99. The van der Waals surface area contributed by atoms with E-state index in [9.17, 15) is 4.79 Å². The summed E-state index contributed by atoms with van der Waals surface area (Å²) in [6, 6.07) is 16.8. The topological polar surface area (TPSA) is 96.0 Å². The number of para-hydroxylation sites is 2. The lowest BCUT2D eigenvalue weighted by atomic mass is 10.2. The Hall–Kier alpha value is -3.44. The number of hydrogen-bond donors (Lipinski definition) is 1. The number of nitriles is 1. The lowest BCUT2D eigenvalue weighted by molar-refractivity contribution is -0.115. The zero-order valence-electron chi connectivity index (χ0n) is 15.1. The number of thioether (sulfide) groups is 1. The van der Waals surface area contributed by atoms with Gasteiger partial charge in [-0.05, 0) is 31.2 Å². The van der Waals surface area contributed by atoms with Crippen LogP contribution in [0.25, 0.3) is 16.6 Å². The first-order valence-corrected chi connectivity index (χ1v) is 9.68. The Balaban J connectivity index is 1.49. The van der Waals surface area contributed by atoms with Gasteiger partial charge in [0.25, 0.3) is 0 Å². The molecule has 4 aromatic rings. The van der Waals surface area contributed by atoms with E-state index in [2.05, 4.69) is 26.5 Å². The van der Waals surface area contributed by atoms with E-state index >= 15 is 0 Å². The van der Waals surface area contributed by atoms with Crippen LogP contribution in [0.2, 0.25) is 0 Å². The van der Waals surface area contributed by atoms with Crippen LogP contribution in [0.1, 0.15) is 17.8 Å². The Morgan fingerprint density at radius 2 is 1.96 bits per heavy atom. The molecular weight excluding hydrogens is 372 g/mol. The summed E-state index contributed by atoms with van der Waals surface area (Å²) in [5.41, 5.74) is 2.58. The summed E-state index contributed by atoms with van der Waals surface area (Å²) in [7, 11) is 0. The molecule has 8 heteroatoms. The molecule has 0 spiro atoms. The van der Waals surface area contributed by atoms with Crippen molar-refractivity contribution in [1.82, 2.24) is 19.6 Å². The van der Waals surface area contributed by atoms with Gasteiger partial charge in [0, 0.05) is 17.6 Å².